The Morgan fingerprint density at radius 1 is 0.920 bits per heavy atom. The van der Waals surface area contributed by atoms with Crippen molar-refractivity contribution in [2.24, 2.45) is 14.1 Å². The third kappa shape index (κ3) is 3.30. The maximum absolute atomic E-state index is 12.0. The predicted octanol–water partition coefficient (Wildman–Crippen LogP) is 1.13. The first kappa shape index (κ1) is 16.5. The number of anilines is 1. The van der Waals surface area contributed by atoms with E-state index in [1.165, 1.54) is 9.13 Å². The number of carbonyl (C=O) groups is 2. The van der Waals surface area contributed by atoms with Crippen LogP contribution in [0.5, 0.6) is 0 Å². The molecule has 2 aromatic carbocycles. The van der Waals surface area contributed by atoms with Gasteiger partial charge in [-0.25, -0.2) is 4.79 Å². The highest BCUT2D eigenvalue weighted by Gasteiger charge is 2.15. The summed E-state index contributed by atoms with van der Waals surface area (Å²) in [5, 5.41) is 5.12. The first-order valence-corrected chi connectivity index (χ1v) is 7.76. The number of aryl methyl sites for hydroxylation is 2. The molecular weight excluding hydrogens is 320 g/mol. The Balaban J connectivity index is 1.70. The van der Waals surface area contributed by atoms with Crippen LogP contribution in [-0.2, 0) is 30.2 Å². The normalized spacial score (nSPS) is 10.6. The lowest BCUT2D eigenvalue weighted by molar-refractivity contribution is -0.136. The minimum absolute atomic E-state index is 0.154. The molecule has 0 saturated carbocycles. The van der Waals surface area contributed by atoms with E-state index in [1.54, 1.807) is 32.3 Å². The summed E-state index contributed by atoms with van der Waals surface area (Å²) in [7, 11) is 3.34. The summed E-state index contributed by atoms with van der Waals surface area (Å²) in [6.07, 6.45) is 0. The van der Waals surface area contributed by atoms with Crippen molar-refractivity contribution in [2.75, 3.05) is 5.32 Å². The van der Waals surface area contributed by atoms with Gasteiger partial charge < -0.3 is 10.6 Å². The van der Waals surface area contributed by atoms with E-state index >= 15 is 0 Å². The van der Waals surface area contributed by atoms with Crippen LogP contribution in [0.1, 0.15) is 5.56 Å². The lowest BCUT2D eigenvalue weighted by Crippen LogP contribution is -2.34. The van der Waals surface area contributed by atoms with E-state index in [4.69, 9.17) is 0 Å². The summed E-state index contributed by atoms with van der Waals surface area (Å²) in [4.78, 5) is 35.9. The molecule has 25 heavy (non-hydrogen) atoms. The van der Waals surface area contributed by atoms with Crippen LogP contribution in [0.3, 0.4) is 0 Å². The van der Waals surface area contributed by atoms with E-state index in [9.17, 15) is 14.4 Å². The van der Waals surface area contributed by atoms with Crippen molar-refractivity contribution in [1.29, 1.82) is 0 Å². The molecule has 7 nitrogen and oxygen atoms in total. The van der Waals surface area contributed by atoms with Gasteiger partial charge in [-0.15, -0.1) is 0 Å². The molecule has 0 aliphatic heterocycles. The van der Waals surface area contributed by atoms with Gasteiger partial charge in [0.2, 0.25) is 0 Å². The van der Waals surface area contributed by atoms with Crippen LogP contribution in [0.2, 0.25) is 0 Å². The fourth-order valence-electron chi connectivity index (χ4n) is 2.63. The van der Waals surface area contributed by atoms with E-state index < -0.39 is 11.8 Å². The van der Waals surface area contributed by atoms with Gasteiger partial charge in [0.1, 0.15) is 0 Å². The van der Waals surface area contributed by atoms with Crippen LogP contribution in [-0.4, -0.2) is 20.9 Å². The van der Waals surface area contributed by atoms with Gasteiger partial charge in [-0.1, -0.05) is 30.3 Å². The van der Waals surface area contributed by atoms with Crippen LogP contribution in [0, 0.1) is 0 Å². The molecule has 0 atom stereocenters. The Bertz CT molecular complexity index is 1000. The number of rotatable bonds is 3. The fourth-order valence-corrected chi connectivity index (χ4v) is 2.63. The van der Waals surface area contributed by atoms with Crippen LogP contribution in [0.25, 0.3) is 11.0 Å². The predicted molar refractivity (Wildman–Crippen MR) is 95.1 cm³/mol. The Morgan fingerprint density at radius 2 is 1.60 bits per heavy atom. The Kier molecular flexibility index (Phi) is 4.38. The lowest BCUT2D eigenvalue weighted by atomic mass is 10.2. The zero-order valence-corrected chi connectivity index (χ0v) is 13.9. The Hall–Kier alpha value is -3.35. The minimum atomic E-state index is -0.754. The molecule has 2 N–H and O–H groups in total. The highest BCUT2D eigenvalue weighted by atomic mass is 16.2. The SMILES string of the molecule is Cn1c(=O)n(C)c2cc(NC(=O)C(=O)NCc3ccccc3)ccc21. The average Bonchev–Trinajstić information content (AvgIpc) is 2.84. The van der Waals surface area contributed by atoms with Crippen molar-refractivity contribution >= 4 is 28.5 Å². The molecule has 0 saturated heterocycles. The van der Waals surface area contributed by atoms with Crippen LogP contribution < -0.4 is 16.3 Å². The molecule has 0 aliphatic rings. The lowest BCUT2D eigenvalue weighted by Gasteiger charge is -2.07. The standard InChI is InChI=1S/C18H18N4O3/c1-21-14-9-8-13(10-15(14)22(2)18(21)25)20-17(24)16(23)19-11-12-6-4-3-5-7-12/h3-10H,11H2,1-2H3,(H,19,23)(H,20,24). The van der Waals surface area contributed by atoms with Gasteiger partial charge in [-0.2, -0.15) is 0 Å². The topological polar surface area (TPSA) is 85.1 Å². The van der Waals surface area contributed by atoms with Crippen molar-refractivity contribution in [3.63, 3.8) is 0 Å². The largest absolute Gasteiger partial charge is 0.344 e. The second kappa shape index (κ2) is 6.64. The summed E-state index contributed by atoms with van der Waals surface area (Å²) in [6, 6.07) is 14.4. The summed E-state index contributed by atoms with van der Waals surface area (Å²) >= 11 is 0. The number of hydrogen-bond acceptors (Lipinski definition) is 3. The molecule has 0 radical (unpaired) electrons. The molecule has 0 aliphatic carbocycles. The maximum atomic E-state index is 12.0. The molecule has 1 heterocycles. The molecular formula is C18H18N4O3. The van der Waals surface area contributed by atoms with Gasteiger partial charge in [0.25, 0.3) is 0 Å². The number of nitrogens with zero attached hydrogens (tertiary/aromatic N) is 2. The first-order valence-electron chi connectivity index (χ1n) is 7.76. The third-order valence-corrected chi connectivity index (χ3v) is 4.03. The second-order valence-corrected chi connectivity index (χ2v) is 5.73. The maximum Gasteiger partial charge on any atom is 0.328 e. The molecule has 0 fully saturated rings. The number of fused-ring (bicyclic) bond motifs is 1. The number of nitrogens with one attached hydrogen (secondary N) is 2. The number of benzene rings is 2. The highest BCUT2D eigenvalue weighted by Crippen LogP contribution is 2.17. The fraction of sp³-hybridized carbons (Fsp3) is 0.167. The number of imidazole rings is 1. The molecule has 7 heteroatoms. The van der Waals surface area contributed by atoms with E-state index in [0.717, 1.165) is 11.1 Å². The zero-order chi connectivity index (χ0) is 18.0. The Labute approximate surface area is 143 Å². The van der Waals surface area contributed by atoms with Gasteiger partial charge in [-0.3, -0.25) is 18.7 Å². The quantitative estimate of drug-likeness (QED) is 0.702. The molecule has 0 spiro atoms. The van der Waals surface area contributed by atoms with E-state index in [1.807, 2.05) is 30.3 Å². The molecule has 3 rings (SSSR count). The summed E-state index contributed by atoms with van der Waals surface area (Å²) in [6.45, 7) is 0.277. The van der Waals surface area contributed by atoms with Crippen molar-refractivity contribution in [2.45, 2.75) is 6.54 Å². The molecule has 2 amide bonds. The highest BCUT2D eigenvalue weighted by molar-refractivity contribution is 6.39. The molecule has 3 aromatic rings. The number of amides is 2. The summed E-state index contributed by atoms with van der Waals surface area (Å²) in [5.74, 6) is -1.47. The minimum Gasteiger partial charge on any atom is -0.344 e. The van der Waals surface area contributed by atoms with Crippen molar-refractivity contribution in [1.82, 2.24) is 14.5 Å². The molecule has 1 aromatic heterocycles. The van der Waals surface area contributed by atoms with E-state index in [-0.39, 0.29) is 12.2 Å². The molecule has 0 bridgehead atoms. The summed E-state index contributed by atoms with van der Waals surface area (Å²) < 4.78 is 3.01. The van der Waals surface area contributed by atoms with Gasteiger partial charge in [0, 0.05) is 26.3 Å². The number of hydrogen-bond donors (Lipinski definition) is 2. The molecule has 128 valence electrons. The number of carbonyl (C=O) groups excluding carboxylic acids is 2. The first-order chi connectivity index (χ1) is 12.0. The van der Waals surface area contributed by atoms with Crippen molar-refractivity contribution < 1.29 is 9.59 Å². The third-order valence-electron chi connectivity index (χ3n) is 4.03. The van der Waals surface area contributed by atoms with Crippen molar-refractivity contribution in [3.05, 3.63) is 64.6 Å². The van der Waals surface area contributed by atoms with E-state index in [0.29, 0.717) is 11.2 Å². The van der Waals surface area contributed by atoms with E-state index in [2.05, 4.69) is 10.6 Å². The summed E-state index contributed by atoms with van der Waals surface area (Å²) in [5.41, 5.74) is 2.63. The Morgan fingerprint density at radius 3 is 2.32 bits per heavy atom. The van der Waals surface area contributed by atoms with Crippen molar-refractivity contribution in [3.8, 4) is 0 Å². The smallest absolute Gasteiger partial charge is 0.328 e. The van der Waals surface area contributed by atoms with Crippen LogP contribution in [0.15, 0.2) is 53.3 Å². The van der Waals surface area contributed by atoms with Crippen LogP contribution >= 0.6 is 0 Å². The average molecular weight is 338 g/mol. The monoisotopic (exact) mass is 338 g/mol. The van der Waals surface area contributed by atoms with Gasteiger partial charge in [0.15, 0.2) is 0 Å². The van der Waals surface area contributed by atoms with Gasteiger partial charge in [-0.05, 0) is 23.8 Å². The number of aromatic nitrogens is 2. The van der Waals surface area contributed by atoms with Gasteiger partial charge >= 0.3 is 17.5 Å². The van der Waals surface area contributed by atoms with Gasteiger partial charge in [0.05, 0.1) is 11.0 Å². The second-order valence-electron chi connectivity index (χ2n) is 5.73. The van der Waals surface area contributed by atoms with Crippen LogP contribution in [0.4, 0.5) is 5.69 Å². The molecule has 0 unspecified atom stereocenters. The zero-order valence-electron chi connectivity index (χ0n) is 13.9.